The van der Waals surface area contributed by atoms with Gasteiger partial charge in [0.2, 0.25) is 5.95 Å². The van der Waals surface area contributed by atoms with Crippen LogP contribution < -0.4 is 16.1 Å². The molecule has 18 heavy (non-hydrogen) atoms. The molecule has 0 spiro atoms. The molecule has 0 atom stereocenters. The van der Waals surface area contributed by atoms with Crippen molar-refractivity contribution in [1.29, 1.82) is 0 Å². The fraction of sp³-hybridized carbons (Fsp3) is 0.545. The number of hydrogen-bond acceptors (Lipinski definition) is 4. The lowest BCUT2D eigenvalue weighted by molar-refractivity contribution is 0.572. The zero-order valence-corrected chi connectivity index (χ0v) is 10.4. The summed E-state index contributed by atoms with van der Waals surface area (Å²) in [5.41, 5.74) is 0.167. The van der Waals surface area contributed by atoms with Gasteiger partial charge in [0, 0.05) is 26.7 Å². The fourth-order valence-corrected chi connectivity index (χ4v) is 2.50. The van der Waals surface area contributed by atoms with E-state index in [-0.39, 0.29) is 5.56 Å². The summed E-state index contributed by atoms with van der Waals surface area (Å²) < 4.78 is 3.29. The van der Waals surface area contributed by atoms with Crippen LogP contribution >= 0.6 is 0 Å². The Morgan fingerprint density at radius 3 is 2.83 bits per heavy atom. The summed E-state index contributed by atoms with van der Waals surface area (Å²) in [5.74, 6) is 0.783. The lowest BCUT2D eigenvalue weighted by atomic mass is 10.3. The standard InChI is InChI=1S/C11H15N5O2/c1-3-15-5-4-6-16-7-8(12-10(15)16)14(2)11(18)13-9(7)17/h3-6H2,1-2H3,(H,13,17,18). The molecule has 3 rings (SSSR count). The zero-order valence-electron chi connectivity index (χ0n) is 10.4. The highest BCUT2D eigenvalue weighted by Crippen LogP contribution is 2.23. The minimum Gasteiger partial charge on any atom is -0.342 e. The second-order valence-electron chi connectivity index (χ2n) is 4.49. The Balaban J connectivity index is 2.43. The average Bonchev–Trinajstić information content (AvgIpc) is 2.75. The summed E-state index contributed by atoms with van der Waals surface area (Å²) in [7, 11) is 1.62. The molecule has 7 heteroatoms. The van der Waals surface area contributed by atoms with Gasteiger partial charge < -0.3 is 9.47 Å². The molecule has 1 aliphatic heterocycles. The molecular formula is C11H15N5O2. The summed E-state index contributed by atoms with van der Waals surface area (Å²) in [6.07, 6.45) is 0.981. The van der Waals surface area contributed by atoms with Gasteiger partial charge in [-0.05, 0) is 13.3 Å². The van der Waals surface area contributed by atoms with Gasteiger partial charge in [0.1, 0.15) is 0 Å². The number of aromatic nitrogens is 4. The van der Waals surface area contributed by atoms with Crippen LogP contribution in [0.5, 0.6) is 0 Å². The molecule has 0 radical (unpaired) electrons. The first-order chi connectivity index (χ1) is 8.63. The van der Waals surface area contributed by atoms with Crippen LogP contribution in [0.1, 0.15) is 13.3 Å². The Labute approximate surface area is 103 Å². The SMILES string of the molecule is CCN1CCCn2c1nc1c2c(=O)[nH]c(=O)n1C. The van der Waals surface area contributed by atoms with Crippen molar-refractivity contribution in [3.63, 3.8) is 0 Å². The van der Waals surface area contributed by atoms with Crippen LogP contribution in [-0.2, 0) is 13.6 Å². The highest BCUT2D eigenvalue weighted by atomic mass is 16.2. The van der Waals surface area contributed by atoms with E-state index in [0.29, 0.717) is 11.2 Å². The smallest absolute Gasteiger partial charge is 0.329 e. The summed E-state index contributed by atoms with van der Waals surface area (Å²) >= 11 is 0. The van der Waals surface area contributed by atoms with Crippen LogP contribution in [0, 0.1) is 0 Å². The molecule has 1 N–H and O–H groups in total. The second-order valence-corrected chi connectivity index (χ2v) is 4.49. The summed E-state index contributed by atoms with van der Waals surface area (Å²) in [5, 5.41) is 0. The zero-order chi connectivity index (χ0) is 12.9. The Bertz CT molecular complexity index is 723. The van der Waals surface area contributed by atoms with Crippen molar-refractivity contribution in [2.75, 3.05) is 18.0 Å². The van der Waals surface area contributed by atoms with E-state index in [2.05, 4.69) is 21.8 Å². The van der Waals surface area contributed by atoms with E-state index in [1.54, 1.807) is 7.05 Å². The van der Waals surface area contributed by atoms with E-state index in [0.717, 1.165) is 32.0 Å². The molecule has 1 aliphatic rings. The molecule has 0 unspecified atom stereocenters. The number of imidazole rings is 1. The quantitative estimate of drug-likeness (QED) is 0.749. The largest absolute Gasteiger partial charge is 0.342 e. The van der Waals surface area contributed by atoms with Gasteiger partial charge in [-0.1, -0.05) is 0 Å². The van der Waals surface area contributed by atoms with Gasteiger partial charge in [-0.15, -0.1) is 0 Å². The Hall–Kier alpha value is -2.05. The second kappa shape index (κ2) is 3.72. The summed E-state index contributed by atoms with van der Waals surface area (Å²) in [4.78, 5) is 32.4. The maximum Gasteiger partial charge on any atom is 0.329 e. The number of hydrogen-bond donors (Lipinski definition) is 1. The molecule has 96 valence electrons. The van der Waals surface area contributed by atoms with Crippen molar-refractivity contribution in [2.45, 2.75) is 19.9 Å². The van der Waals surface area contributed by atoms with Crippen molar-refractivity contribution < 1.29 is 0 Å². The lowest BCUT2D eigenvalue weighted by Crippen LogP contribution is -2.33. The lowest BCUT2D eigenvalue weighted by Gasteiger charge is -2.27. The van der Waals surface area contributed by atoms with E-state index in [4.69, 9.17) is 0 Å². The van der Waals surface area contributed by atoms with Crippen molar-refractivity contribution >= 4 is 17.1 Å². The molecule has 0 saturated heterocycles. The Kier molecular flexibility index (Phi) is 2.29. The molecule has 0 saturated carbocycles. The monoisotopic (exact) mass is 249 g/mol. The summed E-state index contributed by atoms with van der Waals surface area (Å²) in [6, 6.07) is 0. The van der Waals surface area contributed by atoms with Gasteiger partial charge in [-0.25, -0.2) is 4.79 Å². The number of nitrogens with one attached hydrogen (secondary N) is 1. The molecular weight excluding hydrogens is 234 g/mol. The molecule has 3 heterocycles. The maximum atomic E-state index is 11.9. The van der Waals surface area contributed by atoms with E-state index >= 15 is 0 Å². The third-order valence-corrected chi connectivity index (χ3v) is 3.46. The number of H-pyrrole nitrogens is 1. The van der Waals surface area contributed by atoms with Gasteiger partial charge in [0.15, 0.2) is 11.2 Å². The molecule has 0 fully saturated rings. The van der Waals surface area contributed by atoms with Gasteiger partial charge in [-0.3, -0.25) is 14.3 Å². The predicted molar refractivity (Wildman–Crippen MR) is 68.1 cm³/mol. The van der Waals surface area contributed by atoms with Crippen molar-refractivity contribution in [3.05, 3.63) is 20.8 Å². The first-order valence-corrected chi connectivity index (χ1v) is 6.08. The van der Waals surface area contributed by atoms with Crippen LogP contribution in [0.2, 0.25) is 0 Å². The predicted octanol–water partition coefficient (Wildman–Crippen LogP) is -0.347. The van der Waals surface area contributed by atoms with Crippen LogP contribution in [0.4, 0.5) is 5.95 Å². The van der Waals surface area contributed by atoms with Crippen molar-refractivity contribution in [1.82, 2.24) is 19.1 Å². The third kappa shape index (κ3) is 1.33. The maximum absolute atomic E-state index is 11.9. The summed E-state index contributed by atoms with van der Waals surface area (Å²) in [6.45, 7) is 4.60. The highest BCUT2D eigenvalue weighted by Gasteiger charge is 2.23. The van der Waals surface area contributed by atoms with Crippen LogP contribution in [-0.4, -0.2) is 32.2 Å². The molecule has 2 aromatic heterocycles. The van der Waals surface area contributed by atoms with Gasteiger partial charge in [-0.2, -0.15) is 4.98 Å². The normalized spacial score (nSPS) is 15.1. The Morgan fingerprint density at radius 2 is 2.11 bits per heavy atom. The van der Waals surface area contributed by atoms with Crippen LogP contribution in [0.15, 0.2) is 9.59 Å². The molecule has 2 aromatic rings. The minimum atomic E-state index is -0.425. The average molecular weight is 249 g/mol. The van der Waals surface area contributed by atoms with Crippen LogP contribution in [0.3, 0.4) is 0 Å². The molecule has 0 bridgehead atoms. The van der Waals surface area contributed by atoms with Gasteiger partial charge in [0.25, 0.3) is 5.56 Å². The first-order valence-electron chi connectivity index (χ1n) is 6.08. The van der Waals surface area contributed by atoms with Gasteiger partial charge >= 0.3 is 5.69 Å². The number of anilines is 1. The molecule has 0 aliphatic carbocycles. The topological polar surface area (TPSA) is 75.9 Å². The van der Waals surface area contributed by atoms with E-state index in [1.165, 1.54) is 4.57 Å². The number of aromatic amines is 1. The Morgan fingerprint density at radius 1 is 1.33 bits per heavy atom. The van der Waals surface area contributed by atoms with E-state index in [9.17, 15) is 9.59 Å². The minimum absolute atomic E-state index is 0.357. The first kappa shape index (κ1) is 11.1. The van der Waals surface area contributed by atoms with Gasteiger partial charge in [0.05, 0.1) is 0 Å². The number of nitrogens with zero attached hydrogens (tertiary/aromatic N) is 4. The number of fused-ring (bicyclic) bond motifs is 3. The van der Waals surface area contributed by atoms with E-state index < -0.39 is 5.69 Å². The van der Waals surface area contributed by atoms with Crippen molar-refractivity contribution in [3.8, 4) is 0 Å². The molecule has 0 aromatic carbocycles. The molecule has 0 amide bonds. The van der Waals surface area contributed by atoms with E-state index in [1.807, 2.05) is 4.57 Å². The van der Waals surface area contributed by atoms with Crippen molar-refractivity contribution in [2.24, 2.45) is 7.05 Å². The fourth-order valence-electron chi connectivity index (χ4n) is 2.50. The number of aryl methyl sites for hydroxylation is 2. The highest BCUT2D eigenvalue weighted by molar-refractivity contribution is 5.74. The van der Waals surface area contributed by atoms with Crippen LogP contribution in [0.25, 0.3) is 11.2 Å². The molecule has 7 nitrogen and oxygen atoms in total. The number of rotatable bonds is 1. The third-order valence-electron chi connectivity index (χ3n) is 3.46.